The zero-order valence-electron chi connectivity index (χ0n) is 10.7. The van der Waals surface area contributed by atoms with E-state index in [9.17, 15) is 9.59 Å². The second kappa shape index (κ2) is 5.98. The minimum absolute atomic E-state index is 0.00775. The monoisotopic (exact) mass is 273 g/mol. The molecule has 0 atom stereocenters. The Bertz CT molecular complexity index is 635. The third kappa shape index (κ3) is 3.21. The lowest BCUT2D eigenvalue weighted by Crippen LogP contribution is -2.20. The third-order valence-electron chi connectivity index (χ3n) is 2.73. The Balaban J connectivity index is 2.03. The second-order valence-electron chi connectivity index (χ2n) is 4.20. The van der Waals surface area contributed by atoms with Crippen LogP contribution in [0.4, 0.5) is 5.69 Å². The van der Waals surface area contributed by atoms with Crippen LogP contribution < -0.4 is 16.8 Å². The first-order valence-corrected chi connectivity index (χ1v) is 6.00. The highest BCUT2D eigenvalue weighted by molar-refractivity contribution is 5.93. The number of nitrogens with two attached hydrogens (primary N) is 2. The summed E-state index contributed by atoms with van der Waals surface area (Å²) in [7, 11) is 0. The van der Waals surface area contributed by atoms with Crippen LogP contribution in [-0.2, 0) is 17.9 Å². The number of nitrogens with one attached hydrogen (secondary N) is 1. The molecule has 1 heterocycles. The van der Waals surface area contributed by atoms with Crippen LogP contribution in [0.1, 0.15) is 15.9 Å². The molecular formula is C13H15N5O2. The predicted molar refractivity (Wildman–Crippen MR) is 73.7 cm³/mol. The van der Waals surface area contributed by atoms with Gasteiger partial charge in [-0.3, -0.25) is 14.3 Å². The van der Waals surface area contributed by atoms with E-state index in [0.29, 0.717) is 12.2 Å². The van der Waals surface area contributed by atoms with Crippen LogP contribution in [0.5, 0.6) is 0 Å². The Morgan fingerprint density at radius 3 is 2.70 bits per heavy atom. The Hall–Kier alpha value is -2.67. The van der Waals surface area contributed by atoms with Crippen LogP contribution in [0, 0.1) is 0 Å². The lowest BCUT2D eigenvalue weighted by atomic mass is 10.2. The summed E-state index contributed by atoms with van der Waals surface area (Å²) >= 11 is 0. The maximum atomic E-state index is 11.9. The fourth-order valence-corrected chi connectivity index (χ4v) is 1.73. The summed E-state index contributed by atoms with van der Waals surface area (Å²) in [5.41, 5.74) is 12.5. The molecule has 5 N–H and O–H groups in total. The lowest BCUT2D eigenvalue weighted by molar-refractivity contribution is -0.116. The number of anilines is 1. The van der Waals surface area contributed by atoms with Crippen molar-refractivity contribution in [2.24, 2.45) is 11.5 Å². The quantitative estimate of drug-likeness (QED) is 0.715. The molecule has 2 amide bonds. The Kier molecular flexibility index (Phi) is 4.11. The molecule has 0 saturated heterocycles. The molecule has 2 rings (SSSR count). The van der Waals surface area contributed by atoms with Gasteiger partial charge in [0.25, 0.3) is 5.91 Å². The van der Waals surface area contributed by atoms with Gasteiger partial charge in [-0.25, -0.2) is 0 Å². The summed E-state index contributed by atoms with van der Waals surface area (Å²) in [6, 6.07) is 7.28. The number of carbonyl (C=O) groups is 2. The highest BCUT2D eigenvalue weighted by Crippen LogP contribution is 2.14. The molecule has 0 aliphatic heterocycles. The van der Waals surface area contributed by atoms with Gasteiger partial charge < -0.3 is 16.8 Å². The molecule has 0 aliphatic rings. The van der Waals surface area contributed by atoms with E-state index in [1.54, 1.807) is 6.07 Å². The molecule has 0 radical (unpaired) electrons. The van der Waals surface area contributed by atoms with Crippen molar-refractivity contribution >= 4 is 17.5 Å². The first-order chi connectivity index (χ1) is 9.60. The number of nitrogens with zero attached hydrogens (tertiary/aromatic N) is 2. The first-order valence-electron chi connectivity index (χ1n) is 6.00. The summed E-state index contributed by atoms with van der Waals surface area (Å²) in [5, 5.41) is 6.64. The van der Waals surface area contributed by atoms with Crippen molar-refractivity contribution in [3.63, 3.8) is 0 Å². The van der Waals surface area contributed by atoms with Crippen molar-refractivity contribution < 1.29 is 9.59 Å². The van der Waals surface area contributed by atoms with E-state index >= 15 is 0 Å². The van der Waals surface area contributed by atoms with Crippen molar-refractivity contribution in [2.75, 3.05) is 5.32 Å². The fraction of sp³-hybridized carbons (Fsp3) is 0.154. The largest absolute Gasteiger partial charge is 0.366 e. The smallest absolute Gasteiger partial charge is 0.251 e. The summed E-state index contributed by atoms with van der Waals surface area (Å²) in [6.07, 6.45) is 2.75. The molecule has 0 spiro atoms. The van der Waals surface area contributed by atoms with Crippen molar-refractivity contribution in [1.29, 1.82) is 0 Å². The average Bonchev–Trinajstić information content (AvgIpc) is 2.88. The number of benzene rings is 1. The molecule has 0 fully saturated rings. The normalized spacial score (nSPS) is 10.2. The summed E-state index contributed by atoms with van der Waals surface area (Å²) < 4.78 is 1.35. The third-order valence-corrected chi connectivity index (χ3v) is 2.73. The van der Waals surface area contributed by atoms with Crippen molar-refractivity contribution in [2.45, 2.75) is 13.1 Å². The zero-order valence-corrected chi connectivity index (χ0v) is 10.7. The second-order valence-corrected chi connectivity index (χ2v) is 4.20. The summed E-state index contributed by atoms with van der Waals surface area (Å²) in [4.78, 5) is 22.8. The van der Waals surface area contributed by atoms with Gasteiger partial charge in [0, 0.05) is 18.4 Å². The van der Waals surface area contributed by atoms with Crippen LogP contribution >= 0.6 is 0 Å². The van der Waals surface area contributed by atoms with Gasteiger partial charge in [0.15, 0.2) is 0 Å². The number of hydrogen-bond donors (Lipinski definition) is 3. The number of primary amides is 1. The number of amides is 2. The van der Waals surface area contributed by atoms with E-state index in [2.05, 4.69) is 10.4 Å². The van der Waals surface area contributed by atoms with E-state index in [4.69, 9.17) is 11.5 Å². The van der Waals surface area contributed by atoms with Crippen LogP contribution in [0.15, 0.2) is 36.7 Å². The van der Waals surface area contributed by atoms with E-state index in [1.807, 2.05) is 18.2 Å². The van der Waals surface area contributed by atoms with Crippen molar-refractivity contribution in [3.8, 4) is 0 Å². The Labute approximate surface area is 115 Å². The lowest BCUT2D eigenvalue weighted by Gasteiger charge is -2.09. The topological polar surface area (TPSA) is 116 Å². The number of hydrogen-bond acceptors (Lipinski definition) is 4. The molecular weight excluding hydrogens is 258 g/mol. The van der Waals surface area contributed by atoms with Crippen molar-refractivity contribution in [1.82, 2.24) is 9.78 Å². The van der Waals surface area contributed by atoms with Gasteiger partial charge in [-0.05, 0) is 11.6 Å². The average molecular weight is 273 g/mol. The molecule has 0 unspecified atom stereocenters. The van der Waals surface area contributed by atoms with Gasteiger partial charge in [0.2, 0.25) is 5.91 Å². The van der Waals surface area contributed by atoms with Gasteiger partial charge in [-0.15, -0.1) is 0 Å². The minimum Gasteiger partial charge on any atom is -0.366 e. The molecule has 0 saturated carbocycles. The zero-order chi connectivity index (χ0) is 14.5. The number of aromatic nitrogens is 2. The molecule has 1 aromatic carbocycles. The maximum Gasteiger partial charge on any atom is 0.251 e. The summed E-state index contributed by atoms with van der Waals surface area (Å²) in [5.74, 6) is -0.838. The van der Waals surface area contributed by atoms with Crippen LogP contribution in [0.3, 0.4) is 0 Å². The first kappa shape index (κ1) is 13.8. The molecule has 0 aliphatic carbocycles. The summed E-state index contributed by atoms with van der Waals surface area (Å²) in [6.45, 7) is 0.330. The molecule has 7 nitrogen and oxygen atoms in total. The number of rotatable bonds is 5. The van der Waals surface area contributed by atoms with E-state index in [1.165, 1.54) is 17.1 Å². The van der Waals surface area contributed by atoms with Crippen LogP contribution in [0.25, 0.3) is 0 Å². The molecule has 1 aromatic heterocycles. The fourth-order valence-electron chi connectivity index (χ4n) is 1.73. The number of para-hydroxylation sites is 1. The van der Waals surface area contributed by atoms with Gasteiger partial charge in [0.05, 0.1) is 11.8 Å². The van der Waals surface area contributed by atoms with E-state index < -0.39 is 5.91 Å². The highest BCUT2D eigenvalue weighted by Gasteiger charge is 2.09. The Morgan fingerprint density at radius 2 is 2.05 bits per heavy atom. The van der Waals surface area contributed by atoms with E-state index in [0.717, 1.165) is 5.56 Å². The minimum atomic E-state index is -0.579. The van der Waals surface area contributed by atoms with Crippen molar-refractivity contribution in [3.05, 3.63) is 47.8 Å². The molecule has 104 valence electrons. The standard InChI is InChI=1S/C13H15N5O2/c14-5-9-3-1-2-4-11(9)17-12(19)8-18-7-10(6-16-18)13(15)20/h1-4,6-7H,5,8,14H2,(H2,15,20)(H,17,19). The molecule has 20 heavy (non-hydrogen) atoms. The van der Waals surface area contributed by atoms with Gasteiger partial charge in [-0.2, -0.15) is 5.10 Å². The van der Waals surface area contributed by atoms with E-state index in [-0.39, 0.29) is 18.0 Å². The maximum absolute atomic E-state index is 11.9. The van der Waals surface area contributed by atoms with Crippen LogP contribution in [0.2, 0.25) is 0 Å². The van der Waals surface area contributed by atoms with Gasteiger partial charge in [-0.1, -0.05) is 18.2 Å². The predicted octanol–water partition coefficient (Wildman–Crippen LogP) is 0.0794. The molecule has 2 aromatic rings. The number of carbonyl (C=O) groups excluding carboxylic acids is 2. The van der Waals surface area contributed by atoms with Gasteiger partial charge >= 0.3 is 0 Å². The highest BCUT2D eigenvalue weighted by atomic mass is 16.2. The van der Waals surface area contributed by atoms with Gasteiger partial charge in [0.1, 0.15) is 6.54 Å². The van der Waals surface area contributed by atoms with Crippen LogP contribution in [-0.4, -0.2) is 21.6 Å². The molecule has 0 bridgehead atoms. The molecule has 7 heteroatoms. The Morgan fingerprint density at radius 1 is 1.30 bits per heavy atom. The SMILES string of the molecule is NCc1ccccc1NC(=O)Cn1cc(C(N)=O)cn1.